The molecule has 1 aliphatic rings. The molecule has 0 radical (unpaired) electrons. The van der Waals surface area contributed by atoms with Crippen molar-refractivity contribution in [2.75, 3.05) is 0 Å². The van der Waals surface area contributed by atoms with Crippen molar-refractivity contribution < 1.29 is 13.6 Å². The zero-order chi connectivity index (χ0) is 22.0. The van der Waals surface area contributed by atoms with Gasteiger partial charge in [0.2, 0.25) is 16.6 Å². The largest absolute Gasteiger partial charge is 0.549 e. The van der Waals surface area contributed by atoms with Crippen molar-refractivity contribution in [1.29, 1.82) is 0 Å². The third-order valence-electron chi connectivity index (χ3n) is 6.97. The minimum Gasteiger partial charge on any atom is -0.549 e. The van der Waals surface area contributed by atoms with E-state index in [1.54, 1.807) is 0 Å². The van der Waals surface area contributed by atoms with Crippen LogP contribution in [0.4, 0.5) is 0 Å². The molecule has 162 valence electrons. The van der Waals surface area contributed by atoms with Gasteiger partial charge in [0, 0.05) is 12.3 Å². The van der Waals surface area contributed by atoms with Crippen molar-refractivity contribution in [3.05, 3.63) is 24.2 Å². The van der Waals surface area contributed by atoms with Gasteiger partial charge in [0.1, 0.15) is 5.78 Å². The maximum atomic E-state index is 12.6. The van der Waals surface area contributed by atoms with Crippen LogP contribution in [0.1, 0.15) is 67.7 Å². The van der Waals surface area contributed by atoms with E-state index in [1.807, 2.05) is 6.26 Å². The van der Waals surface area contributed by atoms with Crippen LogP contribution in [0.5, 0.6) is 0 Å². The number of ketones is 1. The third kappa shape index (κ3) is 6.62. The summed E-state index contributed by atoms with van der Waals surface area (Å²) in [6.07, 6.45) is 8.28. The molecule has 1 rings (SSSR count). The van der Waals surface area contributed by atoms with E-state index in [0.29, 0.717) is 18.8 Å². The fraction of sp³-hybridized carbons (Fsp3) is 0.783. The number of hydrogen-bond acceptors (Lipinski definition) is 3. The van der Waals surface area contributed by atoms with Crippen LogP contribution in [0.25, 0.3) is 0 Å². The highest BCUT2D eigenvalue weighted by Gasteiger charge is 2.40. The SMILES string of the molecule is CC[C@@H]1CC(=O)CC(O[Si](C)(C)C(C)(C)C)=C[C@@H]1/C=C/O[Si](C)(C)C(C)(C)C. The zero-order valence-corrected chi connectivity index (χ0v) is 22.2. The van der Waals surface area contributed by atoms with Crippen LogP contribution in [-0.2, 0) is 13.6 Å². The Kier molecular flexibility index (Phi) is 8.02. The quantitative estimate of drug-likeness (QED) is 0.328. The van der Waals surface area contributed by atoms with Gasteiger partial charge < -0.3 is 8.85 Å². The zero-order valence-electron chi connectivity index (χ0n) is 20.2. The Bertz CT molecular complexity index is 604. The Hall–Kier alpha value is -0.816. The van der Waals surface area contributed by atoms with Crippen LogP contribution in [0.2, 0.25) is 36.3 Å². The average molecular weight is 425 g/mol. The third-order valence-corrected chi connectivity index (χ3v) is 15.7. The van der Waals surface area contributed by atoms with Crippen LogP contribution >= 0.6 is 0 Å². The van der Waals surface area contributed by atoms with Crippen molar-refractivity contribution in [3.8, 4) is 0 Å². The monoisotopic (exact) mass is 424 g/mol. The fourth-order valence-corrected chi connectivity index (χ4v) is 4.64. The molecule has 0 N–H and O–H groups in total. The maximum absolute atomic E-state index is 12.6. The molecule has 0 aliphatic heterocycles. The summed E-state index contributed by atoms with van der Waals surface area (Å²) in [4.78, 5) is 12.6. The fourth-order valence-electron chi connectivity index (χ4n) is 2.76. The Morgan fingerprint density at radius 3 is 2.04 bits per heavy atom. The van der Waals surface area contributed by atoms with E-state index in [-0.39, 0.29) is 21.8 Å². The number of allylic oxidation sites excluding steroid dienone is 3. The number of rotatable bonds is 6. The lowest BCUT2D eigenvalue weighted by Gasteiger charge is -2.37. The number of carbonyl (C=O) groups excluding carboxylic acids is 1. The van der Waals surface area contributed by atoms with Gasteiger partial charge in [-0.3, -0.25) is 4.79 Å². The molecule has 2 atom stereocenters. The summed E-state index contributed by atoms with van der Waals surface area (Å²) in [5.74, 6) is 1.65. The summed E-state index contributed by atoms with van der Waals surface area (Å²) in [6.45, 7) is 24.6. The van der Waals surface area contributed by atoms with Crippen LogP contribution in [0, 0.1) is 11.8 Å². The van der Waals surface area contributed by atoms with Crippen LogP contribution in [-0.4, -0.2) is 22.4 Å². The van der Waals surface area contributed by atoms with Crippen molar-refractivity contribution in [2.24, 2.45) is 11.8 Å². The van der Waals surface area contributed by atoms with Crippen molar-refractivity contribution in [2.45, 2.75) is 104 Å². The molecule has 0 aromatic heterocycles. The highest BCUT2D eigenvalue weighted by atomic mass is 28.4. The summed E-state index contributed by atoms with van der Waals surface area (Å²) >= 11 is 0. The minimum atomic E-state index is -1.96. The Balaban J connectivity index is 3.11. The molecule has 0 amide bonds. The maximum Gasteiger partial charge on any atom is 0.250 e. The summed E-state index contributed by atoms with van der Waals surface area (Å²) < 4.78 is 12.8. The molecule has 0 aromatic carbocycles. The molecule has 0 bridgehead atoms. The molecule has 0 spiro atoms. The number of carbonyl (C=O) groups is 1. The predicted molar refractivity (Wildman–Crippen MR) is 125 cm³/mol. The van der Waals surface area contributed by atoms with Gasteiger partial charge in [0.25, 0.3) is 0 Å². The van der Waals surface area contributed by atoms with Gasteiger partial charge >= 0.3 is 0 Å². The van der Waals surface area contributed by atoms with Crippen molar-refractivity contribution in [1.82, 2.24) is 0 Å². The van der Waals surface area contributed by atoms with Gasteiger partial charge in [-0.15, -0.1) is 0 Å². The van der Waals surface area contributed by atoms with Gasteiger partial charge in [-0.1, -0.05) is 54.9 Å². The summed E-state index contributed by atoms with van der Waals surface area (Å²) in [7, 11) is -3.79. The second kappa shape index (κ2) is 8.90. The van der Waals surface area contributed by atoms with Gasteiger partial charge in [-0.25, -0.2) is 0 Å². The van der Waals surface area contributed by atoms with E-state index < -0.39 is 16.6 Å². The molecule has 0 unspecified atom stereocenters. The lowest BCUT2D eigenvalue weighted by Crippen LogP contribution is -2.40. The molecular formula is C23H44O3Si2. The molecule has 0 saturated carbocycles. The molecule has 0 saturated heterocycles. The van der Waals surface area contributed by atoms with Gasteiger partial charge in [0.15, 0.2) is 0 Å². The van der Waals surface area contributed by atoms with E-state index in [9.17, 15) is 4.79 Å². The topological polar surface area (TPSA) is 35.5 Å². The highest BCUT2D eigenvalue weighted by Crippen LogP contribution is 2.40. The Morgan fingerprint density at radius 1 is 1.04 bits per heavy atom. The molecule has 0 heterocycles. The number of Topliss-reactive ketones (excluding diaryl/α,β-unsaturated/α-hetero) is 1. The van der Waals surface area contributed by atoms with Crippen LogP contribution in [0.15, 0.2) is 24.2 Å². The molecule has 0 fully saturated rings. The molecule has 3 nitrogen and oxygen atoms in total. The van der Waals surface area contributed by atoms with Gasteiger partial charge in [-0.05, 0) is 54.3 Å². The molecule has 0 aromatic rings. The van der Waals surface area contributed by atoms with E-state index in [4.69, 9.17) is 8.85 Å². The molecule has 1 aliphatic carbocycles. The van der Waals surface area contributed by atoms with E-state index >= 15 is 0 Å². The first kappa shape index (κ1) is 25.2. The first-order chi connectivity index (χ1) is 12.5. The van der Waals surface area contributed by atoms with Gasteiger partial charge in [0.05, 0.1) is 18.4 Å². The van der Waals surface area contributed by atoms with Crippen molar-refractivity contribution >= 4 is 22.4 Å². The lowest BCUT2D eigenvalue weighted by atomic mass is 9.87. The Morgan fingerprint density at radius 2 is 1.57 bits per heavy atom. The van der Waals surface area contributed by atoms with Crippen LogP contribution < -0.4 is 0 Å². The summed E-state index contributed by atoms with van der Waals surface area (Å²) in [6, 6.07) is 0. The lowest BCUT2D eigenvalue weighted by molar-refractivity contribution is -0.119. The average Bonchev–Trinajstić information content (AvgIpc) is 2.62. The normalized spacial score (nSPS) is 22.8. The first-order valence-electron chi connectivity index (χ1n) is 10.8. The van der Waals surface area contributed by atoms with E-state index in [2.05, 4.69) is 86.8 Å². The molecule has 28 heavy (non-hydrogen) atoms. The summed E-state index contributed by atoms with van der Waals surface area (Å²) in [5.41, 5.74) is 0. The predicted octanol–water partition coefficient (Wildman–Crippen LogP) is 7.43. The van der Waals surface area contributed by atoms with Crippen molar-refractivity contribution in [3.63, 3.8) is 0 Å². The van der Waals surface area contributed by atoms with Crippen LogP contribution in [0.3, 0.4) is 0 Å². The minimum absolute atomic E-state index is 0.115. The number of hydrogen-bond donors (Lipinski definition) is 0. The first-order valence-corrected chi connectivity index (χ1v) is 16.6. The Labute approximate surface area is 176 Å². The molecular weight excluding hydrogens is 380 g/mol. The second-order valence-electron chi connectivity index (χ2n) is 11.4. The van der Waals surface area contributed by atoms with E-state index in [0.717, 1.165) is 12.2 Å². The smallest absolute Gasteiger partial charge is 0.250 e. The standard InChI is InChI=1S/C23H44O3Si2/c1-12-18-15-20(24)17-21(26-28(10,11)23(5,6)7)16-19(18)13-14-25-27(8,9)22(2,3)4/h13-14,16,18-19H,12,15,17H2,1-11H3/b14-13+/t18-,19+/m1/s1. The van der Waals surface area contributed by atoms with Gasteiger partial charge in [-0.2, -0.15) is 0 Å². The van der Waals surface area contributed by atoms with E-state index in [1.165, 1.54) is 0 Å². The highest BCUT2D eigenvalue weighted by molar-refractivity contribution is 6.74. The second-order valence-corrected chi connectivity index (χ2v) is 20.8. The molecule has 5 heteroatoms. The summed E-state index contributed by atoms with van der Waals surface area (Å²) in [5, 5.41) is 0.289.